The number of fused-ring (bicyclic) bond motifs is 2. The molecule has 0 bridgehead atoms. The zero-order valence-corrected chi connectivity index (χ0v) is 17.6. The van der Waals surface area contributed by atoms with Gasteiger partial charge in [0, 0.05) is 42.4 Å². The SMILES string of the molecule is O=C(CCN1c2ccccc2Sc2ccccc21)NCCCCN1CCOCC1. The average Bonchev–Trinajstić information content (AvgIpc) is 2.77. The number of morpholine rings is 1. The fraction of sp³-hybridized carbons (Fsp3) is 0.435. The highest BCUT2D eigenvalue weighted by atomic mass is 32.2. The molecule has 1 fully saturated rings. The molecule has 1 amide bonds. The maximum absolute atomic E-state index is 12.4. The van der Waals surface area contributed by atoms with Crippen molar-refractivity contribution in [3.05, 3.63) is 48.5 Å². The van der Waals surface area contributed by atoms with Crippen molar-refractivity contribution in [2.24, 2.45) is 0 Å². The van der Waals surface area contributed by atoms with Crippen LogP contribution < -0.4 is 10.2 Å². The van der Waals surface area contributed by atoms with Crippen LogP contribution >= 0.6 is 11.8 Å². The summed E-state index contributed by atoms with van der Waals surface area (Å²) in [6, 6.07) is 16.9. The molecule has 0 aliphatic carbocycles. The Labute approximate surface area is 177 Å². The normalized spacial score (nSPS) is 16.2. The van der Waals surface area contributed by atoms with E-state index in [4.69, 9.17) is 4.74 Å². The predicted octanol–water partition coefficient (Wildman–Crippen LogP) is 3.91. The Bertz CT molecular complexity index is 778. The predicted molar refractivity (Wildman–Crippen MR) is 118 cm³/mol. The van der Waals surface area contributed by atoms with Gasteiger partial charge in [-0.2, -0.15) is 0 Å². The Kier molecular flexibility index (Phi) is 7.09. The van der Waals surface area contributed by atoms with Crippen molar-refractivity contribution in [2.45, 2.75) is 29.1 Å². The van der Waals surface area contributed by atoms with E-state index in [9.17, 15) is 4.79 Å². The Hall–Kier alpha value is -2.02. The minimum absolute atomic E-state index is 0.129. The molecule has 6 heteroatoms. The summed E-state index contributed by atoms with van der Waals surface area (Å²) in [6.07, 6.45) is 2.64. The van der Waals surface area contributed by atoms with Crippen LogP contribution in [0, 0.1) is 0 Å². The molecule has 5 nitrogen and oxygen atoms in total. The fourth-order valence-corrected chi connectivity index (χ4v) is 4.93. The third-order valence-electron chi connectivity index (χ3n) is 5.42. The molecule has 1 saturated heterocycles. The molecule has 2 aliphatic rings. The summed E-state index contributed by atoms with van der Waals surface area (Å²) in [4.78, 5) is 19.6. The van der Waals surface area contributed by atoms with Gasteiger partial charge in [-0.1, -0.05) is 36.0 Å². The van der Waals surface area contributed by atoms with Crippen LogP contribution in [0.3, 0.4) is 0 Å². The van der Waals surface area contributed by atoms with Crippen molar-refractivity contribution in [3.63, 3.8) is 0 Å². The number of hydrogen-bond acceptors (Lipinski definition) is 5. The number of para-hydroxylation sites is 2. The van der Waals surface area contributed by atoms with Crippen LogP contribution in [0.4, 0.5) is 11.4 Å². The first-order valence-corrected chi connectivity index (χ1v) is 11.3. The van der Waals surface area contributed by atoms with Crippen LogP contribution in [0.1, 0.15) is 19.3 Å². The van der Waals surface area contributed by atoms with Crippen LogP contribution in [0.2, 0.25) is 0 Å². The topological polar surface area (TPSA) is 44.8 Å². The smallest absolute Gasteiger partial charge is 0.221 e. The molecule has 2 heterocycles. The van der Waals surface area contributed by atoms with E-state index in [-0.39, 0.29) is 5.91 Å². The monoisotopic (exact) mass is 411 g/mol. The number of amides is 1. The maximum Gasteiger partial charge on any atom is 0.221 e. The molecular formula is C23H29N3O2S. The first-order valence-electron chi connectivity index (χ1n) is 10.5. The Morgan fingerprint density at radius 1 is 0.931 bits per heavy atom. The second kappa shape index (κ2) is 10.1. The van der Waals surface area contributed by atoms with Gasteiger partial charge in [-0.3, -0.25) is 9.69 Å². The van der Waals surface area contributed by atoms with E-state index in [1.807, 2.05) is 0 Å². The van der Waals surface area contributed by atoms with E-state index in [1.165, 1.54) is 21.2 Å². The number of nitrogens with one attached hydrogen (secondary N) is 1. The minimum atomic E-state index is 0.129. The molecule has 0 aromatic heterocycles. The van der Waals surface area contributed by atoms with E-state index in [0.717, 1.165) is 52.2 Å². The zero-order valence-electron chi connectivity index (χ0n) is 16.8. The quantitative estimate of drug-likeness (QED) is 0.668. The molecule has 2 aliphatic heterocycles. The molecule has 2 aromatic rings. The summed E-state index contributed by atoms with van der Waals surface area (Å²) in [5.41, 5.74) is 2.38. The minimum Gasteiger partial charge on any atom is -0.379 e. The summed E-state index contributed by atoms with van der Waals surface area (Å²) in [5.74, 6) is 0.129. The fourth-order valence-electron chi connectivity index (χ4n) is 3.84. The lowest BCUT2D eigenvalue weighted by molar-refractivity contribution is -0.120. The van der Waals surface area contributed by atoms with Crippen LogP contribution in [0.5, 0.6) is 0 Å². The van der Waals surface area contributed by atoms with Gasteiger partial charge >= 0.3 is 0 Å². The van der Waals surface area contributed by atoms with E-state index in [0.29, 0.717) is 13.0 Å². The highest BCUT2D eigenvalue weighted by molar-refractivity contribution is 7.99. The number of hydrogen-bond donors (Lipinski definition) is 1. The van der Waals surface area contributed by atoms with Gasteiger partial charge < -0.3 is 15.0 Å². The van der Waals surface area contributed by atoms with Crippen LogP contribution in [-0.2, 0) is 9.53 Å². The van der Waals surface area contributed by atoms with E-state index in [2.05, 4.69) is 63.6 Å². The van der Waals surface area contributed by atoms with Crippen molar-refractivity contribution in [3.8, 4) is 0 Å². The molecule has 0 unspecified atom stereocenters. The standard InChI is InChI=1S/C23H29N3O2S/c27-23(24-12-5-6-13-25-15-17-28-18-16-25)11-14-26-19-7-1-3-9-21(19)29-22-10-4-2-8-20(22)26/h1-4,7-10H,5-6,11-18H2,(H,24,27). The number of nitrogens with zero attached hydrogens (tertiary/aromatic N) is 2. The van der Waals surface area contributed by atoms with Gasteiger partial charge in [-0.15, -0.1) is 0 Å². The summed E-state index contributed by atoms with van der Waals surface area (Å²) in [6.45, 7) is 6.29. The molecule has 2 aromatic carbocycles. The number of benzene rings is 2. The Morgan fingerprint density at radius 2 is 1.59 bits per heavy atom. The Morgan fingerprint density at radius 3 is 2.28 bits per heavy atom. The van der Waals surface area contributed by atoms with Gasteiger partial charge in [-0.25, -0.2) is 0 Å². The second-order valence-electron chi connectivity index (χ2n) is 7.45. The van der Waals surface area contributed by atoms with Gasteiger partial charge in [0.25, 0.3) is 0 Å². The number of anilines is 2. The van der Waals surface area contributed by atoms with Crippen LogP contribution in [-0.4, -0.2) is 56.7 Å². The first kappa shape index (κ1) is 20.3. The summed E-state index contributed by atoms with van der Waals surface area (Å²) in [5, 5.41) is 3.09. The molecule has 29 heavy (non-hydrogen) atoms. The van der Waals surface area contributed by atoms with Gasteiger partial charge in [0.1, 0.15) is 0 Å². The summed E-state index contributed by atoms with van der Waals surface area (Å²) >= 11 is 1.80. The number of rotatable bonds is 8. The third kappa shape index (κ3) is 5.32. The van der Waals surface area contributed by atoms with Crippen LogP contribution in [0.15, 0.2) is 58.3 Å². The lowest BCUT2D eigenvalue weighted by Crippen LogP contribution is -2.37. The van der Waals surface area contributed by atoms with Crippen molar-refractivity contribution in [1.82, 2.24) is 10.2 Å². The van der Waals surface area contributed by atoms with Gasteiger partial charge in [0.2, 0.25) is 5.91 Å². The molecule has 0 radical (unpaired) electrons. The van der Waals surface area contributed by atoms with Crippen molar-refractivity contribution in [1.29, 1.82) is 0 Å². The molecule has 4 rings (SSSR count). The number of ether oxygens (including phenoxy) is 1. The van der Waals surface area contributed by atoms with E-state index >= 15 is 0 Å². The average molecular weight is 412 g/mol. The summed E-state index contributed by atoms with van der Waals surface area (Å²) in [7, 11) is 0. The van der Waals surface area contributed by atoms with Crippen molar-refractivity contribution >= 4 is 29.0 Å². The highest BCUT2D eigenvalue weighted by Crippen LogP contribution is 2.47. The van der Waals surface area contributed by atoms with Crippen molar-refractivity contribution in [2.75, 3.05) is 50.8 Å². The molecule has 1 N–H and O–H groups in total. The number of carbonyl (C=O) groups excluding carboxylic acids is 1. The van der Waals surface area contributed by atoms with Gasteiger partial charge in [-0.05, 0) is 43.7 Å². The lowest BCUT2D eigenvalue weighted by atomic mass is 10.2. The molecule has 0 atom stereocenters. The van der Waals surface area contributed by atoms with E-state index < -0.39 is 0 Å². The highest BCUT2D eigenvalue weighted by Gasteiger charge is 2.23. The second-order valence-corrected chi connectivity index (χ2v) is 8.53. The third-order valence-corrected chi connectivity index (χ3v) is 6.55. The largest absolute Gasteiger partial charge is 0.379 e. The summed E-state index contributed by atoms with van der Waals surface area (Å²) < 4.78 is 5.38. The zero-order chi connectivity index (χ0) is 19.9. The molecule has 0 spiro atoms. The molecule has 154 valence electrons. The van der Waals surface area contributed by atoms with Gasteiger partial charge in [0.15, 0.2) is 0 Å². The maximum atomic E-state index is 12.4. The Balaban J connectivity index is 1.24. The van der Waals surface area contributed by atoms with Crippen LogP contribution in [0.25, 0.3) is 0 Å². The first-order chi connectivity index (χ1) is 14.3. The lowest BCUT2D eigenvalue weighted by Gasteiger charge is -2.32. The van der Waals surface area contributed by atoms with Gasteiger partial charge in [0.05, 0.1) is 24.6 Å². The molecular weight excluding hydrogens is 382 g/mol. The molecule has 0 saturated carbocycles. The van der Waals surface area contributed by atoms with Crippen molar-refractivity contribution < 1.29 is 9.53 Å². The van der Waals surface area contributed by atoms with E-state index in [1.54, 1.807) is 11.8 Å². The number of unbranched alkanes of at least 4 members (excludes halogenated alkanes) is 1. The number of carbonyl (C=O) groups is 1.